The quantitative estimate of drug-likeness (QED) is 0.811. The molecule has 0 aliphatic carbocycles. The Hall–Kier alpha value is -2.56. The molecule has 1 amide bonds. The van der Waals surface area contributed by atoms with E-state index in [1.807, 2.05) is 25.1 Å². The number of aromatic nitrogens is 1. The van der Waals surface area contributed by atoms with Crippen molar-refractivity contribution in [1.82, 2.24) is 4.98 Å². The van der Waals surface area contributed by atoms with Gasteiger partial charge in [-0.15, -0.1) is 0 Å². The maximum atomic E-state index is 11.3. The zero-order valence-electron chi connectivity index (χ0n) is 11.4. The number of hydrogen-bond acceptors (Lipinski definition) is 4. The molecule has 5 heteroatoms. The first-order valence-electron chi connectivity index (χ1n) is 6.46. The van der Waals surface area contributed by atoms with E-state index < -0.39 is 5.91 Å². The average molecular weight is 270 g/mol. The van der Waals surface area contributed by atoms with Crippen LogP contribution in [0.25, 0.3) is 0 Å². The maximum Gasteiger partial charge on any atom is 0.248 e. The van der Waals surface area contributed by atoms with Crippen molar-refractivity contribution in [3.8, 4) is 0 Å². The molecule has 0 bridgehead atoms. The number of carbonyl (C=O) groups excluding carboxylic acids is 1. The van der Waals surface area contributed by atoms with Crippen molar-refractivity contribution in [3.63, 3.8) is 0 Å². The van der Waals surface area contributed by atoms with E-state index in [2.05, 4.69) is 9.88 Å². The molecule has 0 spiro atoms. The average Bonchev–Trinajstić information content (AvgIpc) is 2.46. The third-order valence-electron chi connectivity index (χ3n) is 3.12. The van der Waals surface area contributed by atoms with Crippen molar-refractivity contribution in [2.45, 2.75) is 13.5 Å². The lowest BCUT2D eigenvalue weighted by Crippen LogP contribution is -2.24. The second kappa shape index (κ2) is 6.06. The summed E-state index contributed by atoms with van der Waals surface area (Å²) in [5, 5.41) is 0. The van der Waals surface area contributed by atoms with Gasteiger partial charge < -0.3 is 16.4 Å². The topological polar surface area (TPSA) is 85.2 Å². The number of nitrogens with zero attached hydrogens (tertiary/aromatic N) is 2. The Balaban J connectivity index is 2.31. The number of rotatable bonds is 5. The van der Waals surface area contributed by atoms with E-state index in [-0.39, 0.29) is 0 Å². The summed E-state index contributed by atoms with van der Waals surface area (Å²) < 4.78 is 0. The van der Waals surface area contributed by atoms with E-state index in [1.165, 1.54) is 0 Å². The molecule has 0 radical (unpaired) electrons. The molecule has 0 fully saturated rings. The van der Waals surface area contributed by atoms with Gasteiger partial charge >= 0.3 is 0 Å². The number of primary amides is 1. The minimum Gasteiger partial charge on any atom is -0.397 e. The number of amides is 1. The van der Waals surface area contributed by atoms with Crippen molar-refractivity contribution in [2.75, 3.05) is 17.2 Å². The van der Waals surface area contributed by atoms with E-state index in [4.69, 9.17) is 11.5 Å². The van der Waals surface area contributed by atoms with Crippen LogP contribution in [0.1, 0.15) is 23.0 Å². The minimum atomic E-state index is -0.458. The smallest absolute Gasteiger partial charge is 0.248 e. The molecule has 1 heterocycles. The number of nitrogens with two attached hydrogens (primary N) is 2. The lowest BCUT2D eigenvalue weighted by Gasteiger charge is -2.24. The predicted octanol–water partition coefficient (Wildman–Crippen LogP) is 1.79. The van der Waals surface area contributed by atoms with Crippen LogP contribution >= 0.6 is 0 Å². The number of anilines is 2. The molecule has 2 aromatic rings. The fraction of sp³-hybridized carbons (Fsp3) is 0.200. The first-order valence-corrected chi connectivity index (χ1v) is 6.46. The van der Waals surface area contributed by atoms with Gasteiger partial charge in [-0.3, -0.25) is 9.78 Å². The molecular formula is C15H18N4O. The molecule has 20 heavy (non-hydrogen) atoms. The van der Waals surface area contributed by atoms with Crippen LogP contribution in [0, 0.1) is 0 Å². The summed E-state index contributed by atoms with van der Waals surface area (Å²) in [7, 11) is 0. The Bertz CT molecular complexity index is 598. The highest BCUT2D eigenvalue weighted by atomic mass is 16.1. The molecule has 0 aliphatic rings. The maximum absolute atomic E-state index is 11.3. The highest BCUT2D eigenvalue weighted by molar-refractivity contribution is 5.95. The first-order chi connectivity index (χ1) is 9.61. The summed E-state index contributed by atoms with van der Waals surface area (Å²) in [6.07, 6.45) is 1.76. The third-order valence-corrected chi connectivity index (χ3v) is 3.12. The first kappa shape index (κ1) is 13.9. The highest BCUT2D eigenvalue weighted by Crippen LogP contribution is 2.25. The molecule has 1 aromatic carbocycles. The Morgan fingerprint density at radius 3 is 2.70 bits per heavy atom. The van der Waals surface area contributed by atoms with Gasteiger partial charge in [0.25, 0.3) is 0 Å². The Morgan fingerprint density at radius 2 is 2.10 bits per heavy atom. The van der Waals surface area contributed by atoms with Crippen molar-refractivity contribution < 1.29 is 4.79 Å². The number of hydrogen-bond donors (Lipinski definition) is 2. The van der Waals surface area contributed by atoms with Crippen LogP contribution in [-0.4, -0.2) is 17.4 Å². The summed E-state index contributed by atoms with van der Waals surface area (Å²) in [6, 6.07) is 10.8. The van der Waals surface area contributed by atoms with Crippen LogP contribution < -0.4 is 16.4 Å². The van der Waals surface area contributed by atoms with Crippen LogP contribution in [-0.2, 0) is 6.54 Å². The van der Waals surface area contributed by atoms with Crippen molar-refractivity contribution in [2.24, 2.45) is 5.73 Å². The zero-order valence-corrected chi connectivity index (χ0v) is 11.4. The Kier molecular flexibility index (Phi) is 4.20. The predicted molar refractivity (Wildman–Crippen MR) is 80.3 cm³/mol. The van der Waals surface area contributed by atoms with Gasteiger partial charge in [0.15, 0.2) is 0 Å². The molecule has 4 N–H and O–H groups in total. The van der Waals surface area contributed by atoms with E-state index in [1.54, 1.807) is 24.4 Å². The van der Waals surface area contributed by atoms with Gasteiger partial charge in [-0.2, -0.15) is 0 Å². The second-order valence-electron chi connectivity index (χ2n) is 4.47. The van der Waals surface area contributed by atoms with Gasteiger partial charge in [0, 0.05) is 18.3 Å². The summed E-state index contributed by atoms with van der Waals surface area (Å²) in [4.78, 5) is 17.6. The fourth-order valence-corrected chi connectivity index (χ4v) is 2.03. The SMILES string of the molecule is CCN(Cc1ccccn1)c1cc(C(N)=O)ccc1N. The number of carbonyl (C=O) groups is 1. The second-order valence-corrected chi connectivity index (χ2v) is 4.47. The van der Waals surface area contributed by atoms with E-state index in [9.17, 15) is 4.79 Å². The largest absolute Gasteiger partial charge is 0.397 e. The van der Waals surface area contributed by atoms with Crippen LogP contribution in [0.2, 0.25) is 0 Å². The van der Waals surface area contributed by atoms with Crippen LogP contribution in [0.5, 0.6) is 0 Å². The number of benzene rings is 1. The monoisotopic (exact) mass is 270 g/mol. The summed E-state index contributed by atoms with van der Waals surface area (Å²) >= 11 is 0. The lowest BCUT2D eigenvalue weighted by molar-refractivity contribution is 0.100. The van der Waals surface area contributed by atoms with E-state index >= 15 is 0 Å². The van der Waals surface area contributed by atoms with Gasteiger partial charge in [-0.25, -0.2) is 0 Å². The molecule has 5 nitrogen and oxygen atoms in total. The minimum absolute atomic E-state index is 0.452. The van der Waals surface area contributed by atoms with Gasteiger partial charge in [0.1, 0.15) is 0 Å². The van der Waals surface area contributed by atoms with Crippen molar-refractivity contribution >= 4 is 17.3 Å². The molecule has 0 unspecified atom stereocenters. The Morgan fingerprint density at radius 1 is 1.30 bits per heavy atom. The molecule has 104 valence electrons. The van der Waals surface area contributed by atoms with Gasteiger partial charge in [0.2, 0.25) is 5.91 Å². The normalized spacial score (nSPS) is 10.2. The van der Waals surface area contributed by atoms with Crippen LogP contribution in [0.4, 0.5) is 11.4 Å². The lowest BCUT2D eigenvalue weighted by atomic mass is 10.1. The highest BCUT2D eigenvalue weighted by Gasteiger charge is 2.12. The zero-order chi connectivity index (χ0) is 14.5. The molecule has 1 aromatic heterocycles. The summed E-state index contributed by atoms with van der Waals surface area (Å²) in [6.45, 7) is 3.41. The molecule has 2 rings (SSSR count). The number of pyridine rings is 1. The van der Waals surface area contributed by atoms with E-state index in [0.717, 1.165) is 17.9 Å². The summed E-state index contributed by atoms with van der Waals surface area (Å²) in [5.41, 5.74) is 14.1. The van der Waals surface area contributed by atoms with Gasteiger partial charge in [-0.05, 0) is 37.3 Å². The van der Waals surface area contributed by atoms with Crippen molar-refractivity contribution in [3.05, 3.63) is 53.9 Å². The Labute approximate surface area is 118 Å². The molecule has 0 saturated carbocycles. The van der Waals surface area contributed by atoms with Crippen LogP contribution in [0.15, 0.2) is 42.6 Å². The molecule has 0 saturated heterocycles. The molecular weight excluding hydrogens is 252 g/mol. The van der Waals surface area contributed by atoms with Crippen molar-refractivity contribution in [1.29, 1.82) is 0 Å². The fourth-order valence-electron chi connectivity index (χ4n) is 2.03. The van der Waals surface area contributed by atoms with Crippen LogP contribution in [0.3, 0.4) is 0 Å². The molecule has 0 atom stereocenters. The number of nitrogen functional groups attached to an aromatic ring is 1. The summed E-state index contributed by atoms with van der Waals surface area (Å²) in [5.74, 6) is -0.458. The standard InChI is InChI=1S/C15H18N4O/c1-2-19(10-12-5-3-4-8-18-12)14-9-11(15(17)20)6-7-13(14)16/h3-9H,2,10,16H2,1H3,(H2,17,20). The third kappa shape index (κ3) is 3.06. The van der Waals surface area contributed by atoms with Gasteiger partial charge in [-0.1, -0.05) is 6.07 Å². The van der Waals surface area contributed by atoms with Gasteiger partial charge in [0.05, 0.1) is 23.6 Å². The molecule has 0 aliphatic heterocycles. The van der Waals surface area contributed by atoms with E-state index in [0.29, 0.717) is 17.8 Å².